The van der Waals surface area contributed by atoms with Crippen LogP contribution in [0.4, 0.5) is 8.78 Å². The second-order valence-electron chi connectivity index (χ2n) is 5.74. The molecule has 0 spiro atoms. The summed E-state index contributed by atoms with van der Waals surface area (Å²) in [4.78, 5) is 12.2. The van der Waals surface area contributed by atoms with Crippen LogP contribution < -0.4 is 19.5 Å². The van der Waals surface area contributed by atoms with Gasteiger partial charge in [0.15, 0.2) is 23.1 Å². The average molecular weight is 373 g/mol. The summed E-state index contributed by atoms with van der Waals surface area (Å²) in [6.45, 7) is 1.73. The normalized spacial score (nSPS) is 17.4. The van der Waals surface area contributed by atoms with Crippen LogP contribution in [0.2, 0.25) is 0 Å². The third kappa shape index (κ3) is 4.67. The number of rotatable bonds is 4. The predicted octanol–water partition coefficient (Wildman–Crippen LogP) is 2.69. The molecule has 0 saturated carbocycles. The van der Waals surface area contributed by atoms with E-state index in [0.29, 0.717) is 11.5 Å². The summed E-state index contributed by atoms with van der Waals surface area (Å²) >= 11 is 0. The first-order valence-corrected chi connectivity index (χ1v) is 8.28. The molecule has 2 atom stereocenters. The molecule has 7 heteroatoms. The maximum atomic E-state index is 13.4. The standard InChI is InChI=1S/C20H17F2NO4/c1-13-19(27-18-7-3-2-6-17(18)26-13)20(24)23-10-4-5-11-25-16-9-8-14(21)12-15(16)22/h2-3,6-9,12-13,19H,10-11H2,1H3,(H,23,24). The van der Waals surface area contributed by atoms with Crippen molar-refractivity contribution < 1.29 is 27.8 Å². The zero-order valence-electron chi connectivity index (χ0n) is 14.5. The minimum atomic E-state index is -0.797. The molecule has 0 fully saturated rings. The van der Waals surface area contributed by atoms with E-state index in [-0.39, 0.29) is 24.8 Å². The van der Waals surface area contributed by atoms with Gasteiger partial charge in [0.05, 0.1) is 6.54 Å². The fourth-order valence-corrected chi connectivity index (χ4v) is 2.46. The highest BCUT2D eigenvalue weighted by molar-refractivity contribution is 5.82. The van der Waals surface area contributed by atoms with Crippen molar-refractivity contribution >= 4 is 5.91 Å². The van der Waals surface area contributed by atoms with Crippen LogP contribution in [-0.4, -0.2) is 31.3 Å². The van der Waals surface area contributed by atoms with E-state index < -0.39 is 23.8 Å². The number of carbonyl (C=O) groups is 1. The van der Waals surface area contributed by atoms with Gasteiger partial charge in [-0.2, -0.15) is 0 Å². The van der Waals surface area contributed by atoms with Gasteiger partial charge in [-0.1, -0.05) is 24.0 Å². The first kappa shape index (κ1) is 18.5. The molecule has 0 aromatic heterocycles. The highest BCUT2D eigenvalue weighted by Crippen LogP contribution is 2.33. The van der Waals surface area contributed by atoms with E-state index in [1.807, 2.05) is 6.07 Å². The predicted molar refractivity (Wildman–Crippen MR) is 93.6 cm³/mol. The maximum absolute atomic E-state index is 13.4. The van der Waals surface area contributed by atoms with Crippen LogP contribution in [0, 0.1) is 23.5 Å². The Morgan fingerprint density at radius 2 is 1.89 bits per heavy atom. The van der Waals surface area contributed by atoms with Gasteiger partial charge in [0, 0.05) is 6.07 Å². The van der Waals surface area contributed by atoms with Crippen molar-refractivity contribution in [3.63, 3.8) is 0 Å². The van der Waals surface area contributed by atoms with Gasteiger partial charge in [-0.15, -0.1) is 0 Å². The van der Waals surface area contributed by atoms with E-state index in [1.54, 1.807) is 25.1 Å². The van der Waals surface area contributed by atoms with Crippen LogP contribution in [0.5, 0.6) is 17.2 Å². The Hall–Kier alpha value is -3.27. The molecule has 3 rings (SSSR count). The van der Waals surface area contributed by atoms with Gasteiger partial charge in [-0.05, 0) is 31.2 Å². The lowest BCUT2D eigenvalue weighted by Crippen LogP contribution is -2.49. The molecule has 2 aromatic carbocycles. The highest BCUT2D eigenvalue weighted by Gasteiger charge is 2.33. The first-order valence-electron chi connectivity index (χ1n) is 8.28. The summed E-state index contributed by atoms with van der Waals surface area (Å²) in [5, 5.41) is 2.63. The van der Waals surface area contributed by atoms with E-state index in [1.165, 1.54) is 6.07 Å². The molecule has 1 amide bonds. The van der Waals surface area contributed by atoms with Crippen LogP contribution in [0.25, 0.3) is 0 Å². The average Bonchev–Trinajstić information content (AvgIpc) is 2.65. The van der Waals surface area contributed by atoms with E-state index in [4.69, 9.17) is 14.2 Å². The molecule has 0 saturated heterocycles. The SMILES string of the molecule is CC1Oc2ccccc2OC1C(=O)NCC#CCOc1ccc(F)cc1F. The lowest BCUT2D eigenvalue weighted by Gasteiger charge is -2.30. The number of carbonyl (C=O) groups excluding carboxylic acids is 1. The van der Waals surface area contributed by atoms with Gasteiger partial charge in [0.2, 0.25) is 6.10 Å². The van der Waals surface area contributed by atoms with Crippen LogP contribution >= 0.6 is 0 Å². The van der Waals surface area contributed by atoms with Crippen LogP contribution in [0.3, 0.4) is 0 Å². The van der Waals surface area contributed by atoms with Crippen LogP contribution in [0.15, 0.2) is 42.5 Å². The van der Waals surface area contributed by atoms with Crippen molar-refractivity contribution in [3.8, 4) is 29.1 Å². The number of benzene rings is 2. The summed E-state index contributed by atoms with van der Waals surface area (Å²) in [7, 11) is 0. The second kappa shape index (κ2) is 8.41. The summed E-state index contributed by atoms with van der Waals surface area (Å²) in [6.07, 6.45) is -1.23. The van der Waals surface area contributed by atoms with E-state index in [2.05, 4.69) is 17.2 Å². The van der Waals surface area contributed by atoms with Gasteiger partial charge in [0.25, 0.3) is 5.91 Å². The van der Waals surface area contributed by atoms with Gasteiger partial charge >= 0.3 is 0 Å². The third-order valence-corrected chi connectivity index (χ3v) is 3.77. The zero-order valence-corrected chi connectivity index (χ0v) is 14.5. The Bertz CT molecular complexity index is 891. The fourth-order valence-electron chi connectivity index (χ4n) is 2.46. The van der Waals surface area contributed by atoms with Crippen LogP contribution in [-0.2, 0) is 4.79 Å². The molecule has 0 radical (unpaired) electrons. The van der Waals surface area contributed by atoms with E-state index in [0.717, 1.165) is 12.1 Å². The molecular formula is C20H17F2NO4. The van der Waals surface area contributed by atoms with Gasteiger partial charge < -0.3 is 19.5 Å². The summed E-state index contributed by atoms with van der Waals surface area (Å²) in [5.74, 6) is 4.52. The summed E-state index contributed by atoms with van der Waals surface area (Å²) < 4.78 is 42.6. The topological polar surface area (TPSA) is 56.8 Å². The van der Waals surface area contributed by atoms with Crippen molar-refractivity contribution in [3.05, 3.63) is 54.1 Å². The molecule has 1 N–H and O–H groups in total. The molecule has 0 bridgehead atoms. The largest absolute Gasteiger partial charge is 0.482 e. The number of nitrogens with one attached hydrogen (secondary N) is 1. The zero-order chi connectivity index (χ0) is 19.2. The minimum Gasteiger partial charge on any atom is -0.482 e. The Morgan fingerprint density at radius 3 is 2.63 bits per heavy atom. The third-order valence-electron chi connectivity index (χ3n) is 3.77. The Balaban J connectivity index is 1.45. The molecular weight excluding hydrogens is 356 g/mol. The van der Waals surface area contributed by atoms with Crippen molar-refractivity contribution in [2.75, 3.05) is 13.2 Å². The molecule has 1 heterocycles. The summed E-state index contributed by atoms with van der Waals surface area (Å²) in [5.41, 5.74) is 0. The molecule has 1 aliphatic rings. The number of para-hydroxylation sites is 2. The Kier molecular flexibility index (Phi) is 5.77. The fraction of sp³-hybridized carbons (Fsp3) is 0.250. The lowest BCUT2D eigenvalue weighted by atomic mass is 10.1. The number of fused-ring (bicyclic) bond motifs is 1. The molecule has 2 unspecified atom stereocenters. The number of amides is 1. The van der Waals surface area contributed by atoms with Gasteiger partial charge in [-0.3, -0.25) is 4.79 Å². The number of hydrogen-bond donors (Lipinski definition) is 1. The molecule has 140 valence electrons. The second-order valence-corrected chi connectivity index (χ2v) is 5.74. The smallest absolute Gasteiger partial charge is 0.265 e. The first-order chi connectivity index (χ1) is 13.0. The molecule has 2 aromatic rings. The van der Waals surface area contributed by atoms with Crippen molar-refractivity contribution in [2.24, 2.45) is 0 Å². The molecule has 27 heavy (non-hydrogen) atoms. The maximum Gasteiger partial charge on any atom is 0.265 e. The van der Waals surface area contributed by atoms with Crippen molar-refractivity contribution in [1.82, 2.24) is 5.32 Å². The quantitative estimate of drug-likeness (QED) is 0.838. The van der Waals surface area contributed by atoms with Crippen molar-refractivity contribution in [1.29, 1.82) is 0 Å². The molecule has 5 nitrogen and oxygen atoms in total. The summed E-state index contributed by atoms with van der Waals surface area (Å²) in [6, 6.07) is 10.1. The number of hydrogen-bond acceptors (Lipinski definition) is 4. The van der Waals surface area contributed by atoms with E-state index in [9.17, 15) is 13.6 Å². The highest BCUT2D eigenvalue weighted by atomic mass is 19.1. The van der Waals surface area contributed by atoms with Gasteiger partial charge in [-0.25, -0.2) is 8.78 Å². The monoisotopic (exact) mass is 373 g/mol. The number of halogens is 2. The molecule has 1 aliphatic heterocycles. The number of ether oxygens (including phenoxy) is 3. The minimum absolute atomic E-state index is 0.0717. The molecule has 0 aliphatic carbocycles. The van der Waals surface area contributed by atoms with Crippen LogP contribution in [0.1, 0.15) is 6.92 Å². The van der Waals surface area contributed by atoms with E-state index >= 15 is 0 Å². The Morgan fingerprint density at radius 1 is 1.15 bits per heavy atom. The van der Waals surface area contributed by atoms with Crippen molar-refractivity contribution in [2.45, 2.75) is 19.1 Å². The lowest BCUT2D eigenvalue weighted by molar-refractivity contribution is -0.133. The van der Waals surface area contributed by atoms with Gasteiger partial charge in [0.1, 0.15) is 18.5 Å². The Labute approximate surface area is 155 Å².